The SMILES string of the molecule is CC=CC=CC(=O)OCC(O)C1OC(=O)C(O)C1=O. The van der Waals surface area contributed by atoms with Crippen molar-refractivity contribution in [2.45, 2.75) is 25.2 Å². The van der Waals surface area contributed by atoms with Gasteiger partial charge in [0.25, 0.3) is 0 Å². The molecule has 0 saturated carbocycles. The molecule has 0 bridgehead atoms. The Morgan fingerprint density at radius 1 is 1.47 bits per heavy atom. The molecule has 1 saturated heterocycles. The van der Waals surface area contributed by atoms with Gasteiger partial charge in [-0.1, -0.05) is 18.2 Å². The number of carbonyl (C=O) groups excluding carboxylic acids is 3. The number of aliphatic hydroxyl groups is 2. The summed E-state index contributed by atoms with van der Waals surface area (Å²) in [5.41, 5.74) is 0. The zero-order chi connectivity index (χ0) is 14.4. The molecule has 104 valence electrons. The standard InChI is InChI=1S/C12H14O7/c1-2-3-4-5-8(14)18-6-7(13)11-9(15)10(16)12(17)19-11/h2-5,7,10-11,13,16H,6H2,1H3. The van der Waals surface area contributed by atoms with Crippen LogP contribution in [0.1, 0.15) is 6.92 Å². The van der Waals surface area contributed by atoms with E-state index in [1.807, 2.05) is 0 Å². The molecule has 3 atom stereocenters. The number of rotatable bonds is 5. The Balaban J connectivity index is 2.44. The third kappa shape index (κ3) is 4.01. The summed E-state index contributed by atoms with van der Waals surface area (Å²) in [6.45, 7) is 1.25. The number of ketones is 1. The van der Waals surface area contributed by atoms with Gasteiger partial charge in [0.1, 0.15) is 12.7 Å². The van der Waals surface area contributed by atoms with Gasteiger partial charge in [0.05, 0.1) is 0 Å². The van der Waals surface area contributed by atoms with Crippen molar-refractivity contribution in [2.24, 2.45) is 0 Å². The van der Waals surface area contributed by atoms with E-state index in [9.17, 15) is 19.5 Å². The molecular formula is C12H14O7. The van der Waals surface area contributed by atoms with Gasteiger partial charge in [0, 0.05) is 6.08 Å². The molecule has 0 aromatic rings. The molecule has 0 aliphatic carbocycles. The zero-order valence-electron chi connectivity index (χ0n) is 10.2. The number of cyclic esters (lactones) is 1. The summed E-state index contributed by atoms with van der Waals surface area (Å²) in [6, 6.07) is 0. The molecule has 1 rings (SSSR count). The van der Waals surface area contributed by atoms with Crippen LogP contribution in [0.2, 0.25) is 0 Å². The number of esters is 2. The number of allylic oxidation sites excluding steroid dienone is 3. The Morgan fingerprint density at radius 2 is 2.16 bits per heavy atom. The quantitative estimate of drug-likeness (QED) is 0.282. The molecule has 1 heterocycles. The van der Waals surface area contributed by atoms with Crippen molar-refractivity contribution in [3.8, 4) is 0 Å². The lowest BCUT2D eigenvalue weighted by atomic mass is 10.1. The Labute approximate surface area is 109 Å². The van der Waals surface area contributed by atoms with E-state index in [0.717, 1.165) is 6.08 Å². The maximum Gasteiger partial charge on any atom is 0.343 e. The van der Waals surface area contributed by atoms with Gasteiger partial charge in [-0.05, 0) is 6.92 Å². The Kier molecular flexibility index (Phi) is 5.40. The first-order valence-corrected chi connectivity index (χ1v) is 5.54. The molecular weight excluding hydrogens is 256 g/mol. The minimum Gasteiger partial charge on any atom is -0.460 e. The normalized spacial score (nSPS) is 25.0. The predicted octanol–water partition coefficient (Wildman–Crippen LogP) is -1.12. The van der Waals surface area contributed by atoms with Crippen LogP contribution in [0.15, 0.2) is 24.3 Å². The van der Waals surface area contributed by atoms with Crippen LogP contribution in [0.25, 0.3) is 0 Å². The largest absolute Gasteiger partial charge is 0.460 e. The van der Waals surface area contributed by atoms with E-state index in [1.54, 1.807) is 19.1 Å². The van der Waals surface area contributed by atoms with Gasteiger partial charge in [0.15, 0.2) is 6.10 Å². The van der Waals surface area contributed by atoms with Crippen LogP contribution < -0.4 is 0 Å². The van der Waals surface area contributed by atoms with Crippen LogP contribution in [-0.2, 0) is 23.9 Å². The van der Waals surface area contributed by atoms with Crippen molar-refractivity contribution in [1.82, 2.24) is 0 Å². The van der Waals surface area contributed by atoms with Crippen molar-refractivity contribution in [2.75, 3.05) is 6.61 Å². The minimum absolute atomic E-state index is 0.518. The fourth-order valence-corrected chi connectivity index (χ4v) is 1.34. The number of ether oxygens (including phenoxy) is 2. The highest BCUT2D eigenvalue weighted by Gasteiger charge is 2.46. The first kappa shape index (κ1) is 15.1. The van der Waals surface area contributed by atoms with Crippen LogP contribution in [-0.4, -0.2) is 52.9 Å². The lowest BCUT2D eigenvalue weighted by Gasteiger charge is -2.14. The molecule has 0 aromatic carbocycles. The predicted molar refractivity (Wildman–Crippen MR) is 61.8 cm³/mol. The number of Topliss-reactive ketones (excluding diaryl/α,β-unsaturated/α-hetero) is 1. The lowest BCUT2D eigenvalue weighted by molar-refractivity contribution is -0.154. The van der Waals surface area contributed by atoms with E-state index in [4.69, 9.17) is 5.11 Å². The van der Waals surface area contributed by atoms with E-state index in [0.29, 0.717) is 0 Å². The molecule has 0 amide bonds. The first-order chi connectivity index (χ1) is 8.97. The highest BCUT2D eigenvalue weighted by molar-refractivity contribution is 6.09. The van der Waals surface area contributed by atoms with Crippen LogP contribution in [0.4, 0.5) is 0 Å². The Hall–Kier alpha value is -1.99. The molecule has 0 radical (unpaired) electrons. The molecule has 1 aliphatic rings. The van der Waals surface area contributed by atoms with Crippen LogP contribution >= 0.6 is 0 Å². The Bertz CT molecular complexity index is 424. The highest BCUT2D eigenvalue weighted by atomic mass is 16.6. The van der Waals surface area contributed by atoms with Gasteiger partial charge in [0.2, 0.25) is 11.9 Å². The average molecular weight is 270 g/mol. The average Bonchev–Trinajstić information content (AvgIpc) is 2.64. The highest BCUT2D eigenvalue weighted by Crippen LogP contribution is 2.14. The molecule has 1 fully saturated rings. The molecule has 1 aliphatic heterocycles. The van der Waals surface area contributed by atoms with Gasteiger partial charge in [-0.15, -0.1) is 0 Å². The summed E-state index contributed by atoms with van der Waals surface area (Å²) in [4.78, 5) is 33.3. The van der Waals surface area contributed by atoms with Crippen molar-refractivity contribution in [3.63, 3.8) is 0 Å². The molecule has 0 aromatic heterocycles. The van der Waals surface area contributed by atoms with Crippen LogP contribution in [0, 0.1) is 0 Å². The van der Waals surface area contributed by atoms with Crippen LogP contribution in [0.3, 0.4) is 0 Å². The molecule has 7 heteroatoms. The second-order valence-corrected chi connectivity index (χ2v) is 3.74. The topological polar surface area (TPSA) is 110 Å². The number of carbonyl (C=O) groups is 3. The van der Waals surface area contributed by atoms with Gasteiger partial charge in [-0.2, -0.15) is 0 Å². The summed E-state index contributed by atoms with van der Waals surface area (Å²) < 4.78 is 9.12. The summed E-state index contributed by atoms with van der Waals surface area (Å²) in [5.74, 6) is -2.78. The van der Waals surface area contributed by atoms with E-state index < -0.39 is 42.6 Å². The fourth-order valence-electron chi connectivity index (χ4n) is 1.34. The molecule has 19 heavy (non-hydrogen) atoms. The van der Waals surface area contributed by atoms with Gasteiger partial charge >= 0.3 is 11.9 Å². The fraction of sp³-hybridized carbons (Fsp3) is 0.417. The van der Waals surface area contributed by atoms with Crippen LogP contribution in [0.5, 0.6) is 0 Å². The van der Waals surface area contributed by atoms with E-state index in [-0.39, 0.29) is 0 Å². The molecule has 7 nitrogen and oxygen atoms in total. The van der Waals surface area contributed by atoms with Crippen molar-refractivity contribution in [3.05, 3.63) is 24.3 Å². The Morgan fingerprint density at radius 3 is 2.68 bits per heavy atom. The first-order valence-electron chi connectivity index (χ1n) is 5.54. The molecule has 2 N–H and O–H groups in total. The number of hydrogen-bond acceptors (Lipinski definition) is 7. The maximum absolute atomic E-state index is 11.3. The van der Waals surface area contributed by atoms with Crippen molar-refractivity contribution < 1.29 is 34.1 Å². The molecule has 3 unspecified atom stereocenters. The van der Waals surface area contributed by atoms with Crippen molar-refractivity contribution in [1.29, 1.82) is 0 Å². The third-order valence-corrected chi connectivity index (χ3v) is 2.30. The number of aliphatic hydroxyl groups excluding tert-OH is 2. The third-order valence-electron chi connectivity index (χ3n) is 2.30. The van der Waals surface area contributed by atoms with Crippen molar-refractivity contribution >= 4 is 17.7 Å². The van der Waals surface area contributed by atoms with Gasteiger partial charge < -0.3 is 19.7 Å². The van der Waals surface area contributed by atoms with Gasteiger partial charge in [-0.25, -0.2) is 9.59 Å². The second-order valence-electron chi connectivity index (χ2n) is 3.74. The van der Waals surface area contributed by atoms with E-state index in [2.05, 4.69) is 9.47 Å². The van der Waals surface area contributed by atoms with E-state index >= 15 is 0 Å². The maximum atomic E-state index is 11.3. The second kappa shape index (κ2) is 6.81. The summed E-state index contributed by atoms with van der Waals surface area (Å²) in [5, 5.41) is 18.6. The summed E-state index contributed by atoms with van der Waals surface area (Å²) >= 11 is 0. The zero-order valence-corrected chi connectivity index (χ0v) is 10.2. The van der Waals surface area contributed by atoms with Gasteiger partial charge in [-0.3, -0.25) is 4.79 Å². The smallest absolute Gasteiger partial charge is 0.343 e. The summed E-state index contributed by atoms with van der Waals surface area (Å²) in [6.07, 6.45) is 0.989. The lowest BCUT2D eigenvalue weighted by Crippen LogP contribution is -2.37. The molecule has 0 spiro atoms. The monoisotopic (exact) mass is 270 g/mol. The minimum atomic E-state index is -1.88. The summed E-state index contributed by atoms with van der Waals surface area (Å²) in [7, 11) is 0. The number of hydrogen-bond donors (Lipinski definition) is 2. The van der Waals surface area contributed by atoms with E-state index in [1.165, 1.54) is 6.08 Å².